The lowest BCUT2D eigenvalue weighted by molar-refractivity contribution is -0.127. The summed E-state index contributed by atoms with van der Waals surface area (Å²) >= 11 is 0. The van der Waals surface area contributed by atoms with Crippen molar-refractivity contribution in [1.29, 1.82) is 0 Å². The van der Waals surface area contributed by atoms with Gasteiger partial charge in [0.1, 0.15) is 5.75 Å². The lowest BCUT2D eigenvalue weighted by atomic mass is 10.1. The number of carbonyl (C=O) groups is 1. The van der Waals surface area contributed by atoms with E-state index in [1.807, 2.05) is 73.1 Å². The van der Waals surface area contributed by atoms with Crippen LogP contribution in [0.1, 0.15) is 31.0 Å². The maximum atomic E-state index is 12.4. The minimum absolute atomic E-state index is 0.108. The second kappa shape index (κ2) is 7.87. The Morgan fingerprint density at radius 2 is 1.77 bits per heavy atom. The number of nitrogens with zero attached hydrogens (tertiary/aromatic N) is 2. The van der Waals surface area contributed by atoms with Crippen LogP contribution in [0.2, 0.25) is 0 Å². The molecule has 2 unspecified atom stereocenters. The number of amides is 1. The molecule has 3 aromatic rings. The highest BCUT2D eigenvalue weighted by Crippen LogP contribution is 2.17. The van der Waals surface area contributed by atoms with Crippen molar-refractivity contribution in [2.75, 3.05) is 0 Å². The Morgan fingerprint density at radius 3 is 2.38 bits per heavy atom. The molecule has 1 aromatic heterocycles. The van der Waals surface area contributed by atoms with Crippen molar-refractivity contribution in [3.05, 3.63) is 78.4 Å². The molecule has 2 aromatic carbocycles. The van der Waals surface area contributed by atoms with Crippen LogP contribution in [0.25, 0.3) is 5.69 Å². The first-order valence-electron chi connectivity index (χ1n) is 8.65. The zero-order chi connectivity index (χ0) is 18.5. The second-order valence-electron chi connectivity index (χ2n) is 6.36. The summed E-state index contributed by atoms with van der Waals surface area (Å²) in [7, 11) is 0. The van der Waals surface area contributed by atoms with Crippen molar-refractivity contribution in [2.45, 2.75) is 32.9 Å². The molecule has 1 heterocycles. The third-order valence-electron chi connectivity index (χ3n) is 4.26. The summed E-state index contributed by atoms with van der Waals surface area (Å²) in [5, 5.41) is 3.00. The molecule has 0 aliphatic carbocycles. The van der Waals surface area contributed by atoms with E-state index < -0.39 is 6.10 Å². The van der Waals surface area contributed by atoms with Crippen LogP contribution in [-0.2, 0) is 4.79 Å². The van der Waals surface area contributed by atoms with Crippen molar-refractivity contribution in [3.63, 3.8) is 0 Å². The maximum absolute atomic E-state index is 12.4. The molecule has 0 fully saturated rings. The highest BCUT2D eigenvalue weighted by molar-refractivity contribution is 5.81. The first-order chi connectivity index (χ1) is 12.5. The molecule has 3 rings (SSSR count). The first kappa shape index (κ1) is 17.7. The van der Waals surface area contributed by atoms with E-state index in [1.165, 1.54) is 0 Å². The third kappa shape index (κ3) is 4.30. The fourth-order valence-corrected chi connectivity index (χ4v) is 2.64. The fourth-order valence-electron chi connectivity index (χ4n) is 2.64. The average Bonchev–Trinajstić information content (AvgIpc) is 3.18. The van der Waals surface area contributed by atoms with E-state index in [0.29, 0.717) is 5.75 Å². The van der Waals surface area contributed by atoms with Gasteiger partial charge in [0.25, 0.3) is 5.91 Å². The van der Waals surface area contributed by atoms with Crippen LogP contribution in [0.5, 0.6) is 5.75 Å². The summed E-state index contributed by atoms with van der Waals surface area (Å²) in [6.07, 6.45) is 4.83. The van der Waals surface area contributed by atoms with Gasteiger partial charge in [-0.1, -0.05) is 29.8 Å². The minimum Gasteiger partial charge on any atom is -0.481 e. The van der Waals surface area contributed by atoms with E-state index in [1.54, 1.807) is 19.4 Å². The van der Waals surface area contributed by atoms with Gasteiger partial charge in [0.05, 0.1) is 12.4 Å². The lowest BCUT2D eigenvalue weighted by Crippen LogP contribution is -2.37. The van der Waals surface area contributed by atoms with E-state index in [-0.39, 0.29) is 11.9 Å². The standard InChI is InChI=1S/C21H23N3O2/c1-15-4-10-20(11-5-15)26-17(3)21(25)23-16(2)18-6-8-19(9-7-18)24-13-12-22-14-24/h4-14,16-17H,1-3H3,(H,23,25). The molecular formula is C21H23N3O2. The van der Waals surface area contributed by atoms with Crippen molar-refractivity contribution in [3.8, 4) is 11.4 Å². The predicted molar refractivity (Wildman–Crippen MR) is 101 cm³/mol. The molecule has 5 nitrogen and oxygen atoms in total. The molecule has 0 spiro atoms. The van der Waals surface area contributed by atoms with Gasteiger partial charge in [-0.3, -0.25) is 4.79 Å². The van der Waals surface area contributed by atoms with Gasteiger partial charge in [0.15, 0.2) is 6.10 Å². The van der Waals surface area contributed by atoms with Crippen LogP contribution >= 0.6 is 0 Å². The Balaban J connectivity index is 1.58. The number of ether oxygens (including phenoxy) is 1. The van der Waals surface area contributed by atoms with Gasteiger partial charge >= 0.3 is 0 Å². The topological polar surface area (TPSA) is 56.1 Å². The van der Waals surface area contributed by atoms with Crippen LogP contribution in [0.3, 0.4) is 0 Å². The molecule has 26 heavy (non-hydrogen) atoms. The highest BCUT2D eigenvalue weighted by Gasteiger charge is 2.17. The Labute approximate surface area is 153 Å². The van der Waals surface area contributed by atoms with E-state index in [9.17, 15) is 4.79 Å². The van der Waals surface area contributed by atoms with Crippen molar-refractivity contribution >= 4 is 5.91 Å². The molecule has 2 atom stereocenters. The van der Waals surface area contributed by atoms with Gasteiger partial charge in [0.2, 0.25) is 0 Å². The number of benzene rings is 2. The molecule has 0 saturated heterocycles. The fraction of sp³-hybridized carbons (Fsp3) is 0.238. The number of aryl methyl sites for hydroxylation is 1. The minimum atomic E-state index is -0.564. The largest absolute Gasteiger partial charge is 0.481 e. The van der Waals surface area contributed by atoms with Gasteiger partial charge < -0.3 is 14.6 Å². The quantitative estimate of drug-likeness (QED) is 0.736. The zero-order valence-corrected chi connectivity index (χ0v) is 15.2. The smallest absolute Gasteiger partial charge is 0.261 e. The molecular weight excluding hydrogens is 326 g/mol. The van der Waals surface area contributed by atoms with Gasteiger partial charge in [-0.25, -0.2) is 4.98 Å². The molecule has 134 valence electrons. The van der Waals surface area contributed by atoms with E-state index in [0.717, 1.165) is 16.8 Å². The number of hydrogen-bond acceptors (Lipinski definition) is 3. The average molecular weight is 349 g/mol. The summed E-state index contributed by atoms with van der Waals surface area (Å²) in [5.41, 5.74) is 3.22. The Hall–Kier alpha value is -3.08. The van der Waals surface area contributed by atoms with Gasteiger partial charge in [-0.05, 0) is 50.6 Å². The summed E-state index contributed by atoms with van der Waals surface area (Å²) in [5.74, 6) is 0.548. The van der Waals surface area contributed by atoms with E-state index >= 15 is 0 Å². The van der Waals surface area contributed by atoms with Crippen LogP contribution in [0, 0.1) is 6.92 Å². The van der Waals surface area contributed by atoms with Crippen LogP contribution in [0.4, 0.5) is 0 Å². The molecule has 0 radical (unpaired) electrons. The number of carbonyl (C=O) groups excluding carboxylic acids is 1. The van der Waals surface area contributed by atoms with Crippen molar-refractivity contribution in [2.24, 2.45) is 0 Å². The zero-order valence-electron chi connectivity index (χ0n) is 15.2. The Bertz CT molecular complexity index is 840. The molecule has 0 saturated carbocycles. The monoisotopic (exact) mass is 349 g/mol. The van der Waals surface area contributed by atoms with E-state index in [2.05, 4.69) is 10.3 Å². The summed E-state index contributed by atoms with van der Waals surface area (Å²) in [6, 6.07) is 15.6. The molecule has 1 N–H and O–H groups in total. The van der Waals surface area contributed by atoms with Crippen molar-refractivity contribution in [1.82, 2.24) is 14.9 Å². The predicted octanol–water partition coefficient (Wildman–Crippen LogP) is 3.83. The van der Waals surface area contributed by atoms with E-state index in [4.69, 9.17) is 4.74 Å². The first-order valence-corrected chi connectivity index (χ1v) is 8.65. The molecule has 0 bridgehead atoms. The Morgan fingerprint density at radius 1 is 1.08 bits per heavy atom. The molecule has 1 amide bonds. The third-order valence-corrected chi connectivity index (χ3v) is 4.26. The lowest BCUT2D eigenvalue weighted by Gasteiger charge is -2.19. The van der Waals surface area contributed by atoms with Gasteiger partial charge in [-0.15, -0.1) is 0 Å². The van der Waals surface area contributed by atoms with Crippen LogP contribution in [0.15, 0.2) is 67.3 Å². The second-order valence-corrected chi connectivity index (χ2v) is 6.36. The van der Waals surface area contributed by atoms with Crippen LogP contribution in [-0.4, -0.2) is 21.6 Å². The summed E-state index contributed by atoms with van der Waals surface area (Å²) in [4.78, 5) is 16.4. The molecule has 0 aliphatic rings. The number of rotatable bonds is 6. The Kier molecular flexibility index (Phi) is 5.37. The molecule has 0 aliphatic heterocycles. The number of nitrogens with one attached hydrogen (secondary N) is 1. The normalized spacial score (nSPS) is 13.0. The number of imidazole rings is 1. The van der Waals surface area contributed by atoms with Gasteiger partial charge in [0, 0.05) is 18.1 Å². The number of aromatic nitrogens is 2. The highest BCUT2D eigenvalue weighted by atomic mass is 16.5. The maximum Gasteiger partial charge on any atom is 0.261 e. The summed E-state index contributed by atoms with van der Waals surface area (Å²) < 4.78 is 7.65. The SMILES string of the molecule is Cc1ccc(OC(C)C(=O)NC(C)c2ccc(-n3ccnc3)cc2)cc1. The molecule has 5 heteroatoms. The number of hydrogen-bond donors (Lipinski definition) is 1. The summed E-state index contributed by atoms with van der Waals surface area (Å²) in [6.45, 7) is 5.73. The van der Waals surface area contributed by atoms with Crippen molar-refractivity contribution < 1.29 is 9.53 Å². The van der Waals surface area contributed by atoms with Crippen LogP contribution < -0.4 is 10.1 Å². The van der Waals surface area contributed by atoms with Gasteiger partial charge in [-0.2, -0.15) is 0 Å².